The summed E-state index contributed by atoms with van der Waals surface area (Å²) in [6.45, 7) is -0.0933. The molecule has 2 aromatic rings. The zero-order valence-corrected chi connectivity index (χ0v) is 17.7. The highest BCUT2D eigenvalue weighted by atomic mass is 35.5. The summed E-state index contributed by atoms with van der Waals surface area (Å²) in [5.41, 5.74) is -0.389. The molecule has 6 nitrogen and oxygen atoms in total. The first-order valence-corrected chi connectivity index (χ1v) is 11.3. The van der Waals surface area contributed by atoms with E-state index in [1.165, 1.54) is 11.0 Å². The molecule has 1 atom stereocenters. The van der Waals surface area contributed by atoms with Gasteiger partial charge in [-0.05, 0) is 35.9 Å². The van der Waals surface area contributed by atoms with E-state index in [2.05, 4.69) is 0 Å². The fourth-order valence-corrected chi connectivity index (χ4v) is 5.60. The molecule has 1 fully saturated rings. The topological polar surface area (TPSA) is 66.9 Å². The largest absolute Gasteiger partial charge is 0.480 e. The predicted molar refractivity (Wildman–Crippen MR) is 106 cm³/mol. The normalized spacial score (nSPS) is 19.7. The van der Waals surface area contributed by atoms with Gasteiger partial charge in [-0.25, -0.2) is 8.42 Å². The van der Waals surface area contributed by atoms with E-state index in [1.54, 1.807) is 18.2 Å². The Labute approximate surface area is 182 Å². The molecule has 2 heterocycles. The first-order valence-electron chi connectivity index (χ1n) is 9.47. The zero-order chi connectivity index (χ0) is 22.4. The molecule has 4 rings (SSSR count). The Balaban J connectivity index is 1.44. The van der Waals surface area contributed by atoms with Crippen LogP contribution in [0, 0.1) is 0 Å². The molecule has 11 heteroatoms. The summed E-state index contributed by atoms with van der Waals surface area (Å²) in [5, 5.41) is 0.536. The average molecular weight is 475 g/mol. The molecule has 0 saturated carbocycles. The number of carbonyl (C=O) groups excluding carboxylic acids is 1. The van der Waals surface area contributed by atoms with Gasteiger partial charge in [0.2, 0.25) is 10.0 Å². The Bertz CT molecular complexity index is 1120. The van der Waals surface area contributed by atoms with Crippen molar-refractivity contribution in [3.63, 3.8) is 0 Å². The lowest BCUT2D eigenvalue weighted by atomic mass is 10.1. The smallest absolute Gasteiger partial charge is 0.417 e. The maximum absolute atomic E-state index is 13.3. The number of carbonyl (C=O) groups is 1. The predicted octanol–water partition coefficient (Wildman–Crippen LogP) is 3.20. The molecule has 1 saturated heterocycles. The summed E-state index contributed by atoms with van der Waals surface area (Å²) in [6, 6.07) is 9.17. The maximum Gasteiger partial charge on any atom is 0.417 e. The molecule has 31 heavy (non-hydrogen) atoms. The molecule has 166 valence electrons. The Hall–Kier alpha value is -2.30. The Morgan fingerprint density at radius 1 is 1.06 bits per heavy atom. The molecule has 0 aliphatic carbocycles. The van der Waals surface area contributed by atoms with Crippen LogP contribution in [0.2, 0.25) is 5.02 Å². The third kappa shape index (κ3) is 4.24. The summed E-state index contributed by atoms with van der Waals surface area (Å²) in [4.78, 5) is 13.5. The van der Waals surface area contributed by atoms with Gasteiger partial charge < -0.3 is 9.64 Å². The van der Waals surface area contributed by atoms with Crippen LogP contribution in [0.1, 0.15) is 11.1 Å². The van der Waals surface area contributed by atoms with E-state index < -0.39 is 32.8 Å². The highest BCUT2D eigenvalue weighted by Gasteiger charge is 2.40. The van der Waals surface area contributed by atoms with Gasteiger partial charge in [0.05, 0.1) is 10.5 Å². The van der Waals surface area contributed by atoms with Crippen LogP contribution in [0.25, 0.3) is 0 Å². The molecule has 2 aliphatic heterocycles. The minimum absolute atomic E-state index is 0.0587. The molecule has 0 radical (unpaired) electrons. The summed E-state index contributed by atoms with van der Waals surface area (Å²) in [5.74, 6) is 0.285. The number of ether oxygens (including phenoxy) is 1. The van der Waals surface area contributed by atoms with Crippen molar-refractivity contribution < 1.29 is 31.1 Å². The lowest BCUT2D eigenvalue weighted by Crippen LogP contribution is -2.53. The second-order valence-corrected chi connectivity index (χ2v) is 9.63. The monoisotopic (exact) mass is 474 g/mol. The van der Waals surface area contributed by atoms with E-state index in [9.17, 15) is 26.4 Å². The van der Waals surface area contributed by atoms with E-state index in [1.807, 2.05) is 0 Å². The molecule has 2 aromatic carbocycles. The molecule has 2 aliphatic rings. The SMILES string of the molecule is O=C(C1Cc2cc(Cl)ccc2O1)N1CCN(S(=O)(=O)c2ccccc2C(F)(F)F)CC1. The number of hydrogen-bond donors (Lipinski definition) is 0. The van der Waals surface area contributed by atoms with Gasteiger partial charge in [-0.3, -0.25) is 4.79 Å². The third-order valence-electron chi connectivity index (χ3n) is 5.33. The number of nitrogens with zero attached hydrogens (tertiary/aromatic N) is 2. The van der Waals surface area contributed by atoms with E-state index in [0.717, 1.165) is 28.1 Å². The van der Waals surface area contributed by atoms with Crippen LogP contribution in [0.5, 0.6) is 5.75 Å². The lowest BCUT2D eigenvalue weighted by Gasteiger charge is -2.35. The standard InChI is InChI=1S/C20H18ClF3N2O4S/c21-14-5-6-16-13(11-14)12-17(30-16)19(27)25-7-9-26(10-8-25)31(28,29)18-4-2-1-3-15(18)20(22,23)24/h1-6,11,17H,7-10,12H2. The molecule has 1 unspecified atom stereocenters. The number of halogens is 4. The van der Waals surface area contributed by atoms with Crippen molar-refractivity contribution in [2.45, 2.75) is 23.6 Å². The van der Waals surface area contributed by atoms with Gasteiger partial charge in [0.25, 0.3) is 5.91 Å². The van der Waals surface area contributed by atoms with Crippen molar-refractivity contribution in [2.24, 2.45) is 0 Å². The third-order valence-corrected chi connectivity index (χ3v) is 7.52. The zero-order valence-electron chi connectivity index (χ0n) is 16.1. The highest BCUT2D eigenvalue weighted by Crippen LogP contribution is 2.36. The Morgan fingerprint density at radius 3 is 2.42 bits per heavy atom. The van der Waals surface area contributed by atoms with Gasteiger partial charge in [-0.2, -0.15) is 17.5 Å². The van der Waals surface area contributed by atoms with Gasteiger partial charge in [0.1, 0.15) is 5.75 Å². The van der Waals surface area contributed by atoms with E-state index in [4.69, 9.17) is 16.3 Å². The number of piperazine rings is 1. The molecule has 0 N–H and O–H groups in total. The van der Waals surface area contributed by atoms with Crippen molar-refractivity contribution >= 4 is 27.5 Å². The van der Waals surface area contributed by atoms with Crippen LogP contribution in [-0.4, -0.2) is 55.8 Å². The van der Waals surface area contributed by atoms with E-state index in [0.29, 0.717) is 17.2 Å². The van der Waals surface area contributed by atoms with Crippen LogP contribution in [0.15, 0.2) is 47.4 Å². The van der Waals surface area contributed by atoms with Gasteiger partial charge in [0.15, 0.2) is 6.10 Å². The first kappa shape index (κ1) is 21.9. The average Bonchev–Trinajstić information content (AvgIpc) is 3.16. The van der Waals surface area contributed by atoms with Gasteiger partial charge in [-0.1, -0.05) is 23.7 Å². The molecule has 0 spiro atoms. The number of fused-ring (bicyclic) bond motifs is 1. The van der Waals surface area contributed by atoms with Gasteiger partial charge in [-0.15, -0.1) is 0 Å². The van der Waals surface area contributed by atoms with Gasteiger partial charge >= 0.3 is 6.18 Å². The van der Waals surface area contributed by atoms with Crippen LogP contribution in [0.4, 0.5) is 13.2 Å². The maximum atomic E-state index is 13.3. The fourth-order valence-electron chi connectivity index (χ4n) is 3.77. The van der Waals surface area contributed by atoms with Crippen LogP contribution in [-0.2, 0) is 27.4 Å². The molecular weight excluding hydrogens is 457 g/mol. The van der Waals surface area contributed by atoms with Crippen molar-refractivity contribution in [1.82, 2.24) is 9.21 Å². The number of benzene rings is 2. The first-order chi connectivity index (χ1) is 14.6. The quantitative estimate of drug-likeness (QED) is 0.685. The molecule has 1 amide bonds. The van der Waals surface area contributed by atoms with Crippen LogP contribution < -0.4 is 4.74 Å². The summed E-state index contributed by atoms with van der Waals surface area (Å²) >= 11 is 5.96. The number of amides is 1. The second kappa shape index (κ2) is 7.99. The van der Waals surface area contributed by atoms with Gasteiger partial charge in [0, 0.05) is 37.6 Å². The van der Waals surface area contributed by atoms with E-state index in [-0.39, 0.29) is 32.1 Å². The number of rotatable bonds is 3. The van der Waals surface area contributed by atoms with Crippen LogP contribution >= 0.6 is 11.6 Å². The highest BCUT2D eigenvalue weighted by molar-refractivity contribution is 7.89. The van der Waals surface area contributed by atoms with Crippen molar-refractivity contribution in [3.05, 3.63) is 58.6 Å². The van der Waals surface area contributed by atoms with Crippen LogP contribution in [0.3, 0.4) is 0 Å². The number of alkyl halides is 3. The Morgan fingerprint density at radius 2 is 1.74 bits per heavy atom. The molecule has 0 bridgehead atoms. The van der Waals surface area contributed by atoms with Crippen molar-refractivity contribution in [1.29, 1.82) is 0 Å². The van der Waals surface area contributed by atoms with E-state index >= 15 is 0 Å². The molecular formula is C20H18ClF3N2O4S. The molecule has 0 aromatic heterocycles. The lowest BCUT2D eigenvalue weighted by molar-refractivity contribution is -0.140. The van der Waals surface area contributed by atoms with Crippen molar-refractivity contribution in [3.8, 4) is 5.75 Å². The minimum atomic E-state index is -4.79. The Kier molecular flexibility index (Phi) is 5.65. The summed E-state index contributed by atoms with van der Waals surface area (Å²) < 4.78 is 72.2. The number of hydrogen-bond acceptors (Lipinski definition) is 4. The fraction of sp³-hybridized carbons (Fsp3) is 0.350. The number of sulfonamides is 1. The van der Waals surface area contributed by atoms with Crippen molar-refractivity contribution in [2.75, 3.05) is 26.2 Å². The summed E-state index contributed by atoms with van der Waals surface area (Å²) in [6.07, 6.45) is -5.17. The minimum Gasteiger partial charge on any atom is -0.480 e. The summed E-state index contributed by atoms with van der Waals surface area (Å²) in [7, 11) is -4.36. The second-order valence-electron chi connectivity index (χ2n) is 7.29.